The second-order valence-electron chi connectivity index (χ2n) is 6.40. The first-order valence-corrected chi connectivity index (χ1v) is 11.4. The summed E-state index contributed by atoms with van der Waals surface area (Å²) in [4.78, 5) is 12.3. The van der Waals surface area contributed by atoms with Gasteiger partial charge >= 0.3 is 8.80 Å². The van der Waals surface area contributed by atoms with Crippen LogP contribution in [0.3, 0.4) is 0 Å². The van der Waals surface area contributed by atoms with Crippen molar-refractivity contribution in [2.45, 2.75) is 58.9 Å². The SMILES string of the molecule is CCO[Si](CCC1=C2CCC(C(=O)CS)(C2)C1)(OCC)OCC. The zero-order chi connectivity index (χ0) is 16.9. The molecule has 6 heteroatoms. The minimum atomic E-state index is -2.58. The average molecular weight is 359 g/mol. The third-order valence-corrected chi connectivity index (χ3v) is 8.40. The van der Waals surface area contributed by atoms with E-state index in [1.807, 2.05) is 20.8 Å². The first-order valence-electron chi connectivity index (χ1n) is 8.80. The molecule has 4 nitrogen and oxygen atoms in total. The molecule has 1 atom stereocenters. The number of fused-ring (bicyclic) bond motifs is 2. The molecule has 0 amide bonds. The Morgan fingerprint density at radius 3 is 2.26 bits per heavy atom. The molecule has 0 radical (unpaired) electrons. The van der Waals surface area contributed by atoms with Gasteiger partial charge in [-0.3, -0.25) is 4.79 Å². The van der Waals surface area contributed by atoms with Gasteiger partial charge in [-0.1, -0.05) is 11.1 Å². The van der Waals surface area contributed by atoms with Gasteiger partial charge in [-0.05, 0) is 52.9 Å². The Hall–Kier alpha value is -0.143. The van der Waals surface area contributed by atoms with Gasteiger partial charge in [0.05, 0.1) is 0 Å². The molecule has 2 aliphatic carbocycles. The van der Waals surface area contributed by atoms with Crippen LogP contribution in [-0.2, 0) is 18.1 Å². The zero-order valence-electron chi connectivity index (χ0n) is 14.7. The summed E-state index contributed by atoms with van der Waals surface area (Å²) < 4.78 is 17.8. The molecule has 0 N–H and O–H groups in total. The maximum absolute atomic E-state index is 12.3. The summed E-state index contributed by atoms with van der Waals surface area (Å²) >= 11 is 4.21. The van der Waals surface area contributed by atoms with Crippen LogP contribution >= 0.6 is 12.6 Å². The number of hydrogen-bond donors (Lipinski definition) is 1. The third kappa shape index (κ3) is 4.10. The van der Waals surface area contributed by atoms with Gasteiger partial charge in [-0.25, -0.2) is 0 Å². The molecular formula is C17H30O4SSi. The largest absolute Gasteiger partial charge is 0.501 e. The summed E-state index contributed by atoms with van der Waals surface area (Å²) in [6.45, 7) is 7.79. The third-order valence-electron chi connectivity index (χ3n) is 5.07. The first-order chi connectivity index (χ1) is 11.0. The number of Topliss-reactive ketones (excluding diaryl/α,β-unsaturated/α-hetero) is 1. The molecule has 0 aromatic carbocycles. The molecule has 1 fully saturated rings. The van der Waals surface area contributed by atoms with Crippen LogP contribution in [-0.4, -0.2) is 40.2 Å². The summed E-state index contributed by atoms with van der Waals surface area (Å²) in [6.07, 6.45) is 4.88. The molecule has 132 valence electrons. The van der Waals surface area contributed by atoms with E-state index < -0.39 is 8.80 Å². The lowest BCUT2D eigenvalue weighted by molar-refractivity contribution is -0.125. The number of allylic oxidation sites excluding steroid dienone is 2. The van der Waals surface area contributed by atoms with Gasteiger partial charge in [-0.2, -0.15) is 12.6 Å². The van der Waals surface area contributed by atoms with Crippen LogP contribution in [0.5, 0.6) is 0 Å². The molecule has 2 bridgehead atoms. The number of carbonyl (C=O) groups excluding carboxylic acids is 1. The highest BCUT2D eigenvalue weighted by Crippen LogP contribution is 2.55. The number of carbonyl (C=O) groups is 1. The lowest BCUT2D eigenvalue weighted by Crippen LogP contribution is -2.46. The van der Waals surface area contributed by atoms with E-state index in [2.05, 4.69) is 12.6 Å². The molecule has 23 heavy (non-hydrogen) atoms. The van der Waals surface area contributed by atoms with Gasteiger partial charge < -0.3 is 13.3 Å². The average Bonchev–Trinajstić information content (AvgIpc) is 3.12. The predicted molar refractivity (Wildman–Crippen MR) is 96.8 cm³/mol. The topological polar surface area (TPSA) is 44.8 Å². The summed E-state index contributed by atoms with van der Waals surface area (Å²) in [6, 6.07) is 0.812. The minimum absolute atomic E-state index is 0.139. The Labute approximate surface area is 146 Å². The number of thiol groups is 1. The van der Waals surface area contributed by atoms with Crippen molar-refractivity contribution in [2.75, 3.05) is 25.6 Å². The number of rotatable bonds is 11. The number of ketones is 1. The van der Waals surface area contributed by atoms with Crippen LogP contribution in [0.4, 0.5) is 0 Å². The van der Waals surface area contributed by atoms with Crippen molar-refractivity contribution in [3.8, 4) is 0 Å². The molecule has 2 aliphatic rings. The van der Waals surface area contributed by atoms with E-state index in [0.717, 1.165) is 38.1 Å². The van der Waals surface area contributed by atoms with Gasteiger partial charge in [-0.15, -0.1) is 0 Å². The Morgan fingerprint density at radius 1 is 1.13 bits per heavy atom. The van der Waals surface area contributed by atoms with E-state index in [1.165, 1.54) is 11.1 Å². The molecule has 0 aromatic heterocycles. The van der Waals surface area contributed by atoms with Crippen LogP contribution in [0.15, 0.2) is 11.1 Å². The Morgan fingerprint density at radius 2 is 1.74 bits per heavy atom. The van der Waals surface area contributed by atoms with Crippen LogP contribution in [0, 0.1) is 5.41 Å². The van der Waals surface area contributed by atoms with E-state index in [-0.39, 0.29) is 5.41 Å². The van der Waals surface area contributed by atoms with Crippen molar-refractivity contribution >= 4 is 27.2 Å². The van der Waals surface area contributed by atoms with Crippen molar-refractivity contribution in [3.05, 3.63) is 11.1 Å². The monoisotopic (exact) mass is 358 g/mol. The fourth-order valence-corrected chi connectivity index (χ4v) is 6.98. The van der Waals surface area contributed by atoms with Gasteiger partial charge in [0.2, 0.25) is 0 Å². The van der Waals surface area contributed by atoms with Crippen molar-refractivity contribution in [3.63, 3.8) is 0 Å². The van der Waals surface area contributed by atoms with Crippen LogP contribution in [0.2, 0.25) is 6.04 Å². The normalized spacial score (nSPS) is 23.8. The second kappa shape index (κ2) is 8.29. The predicted octanol–water partition coefficient (Wildman–Crippen LogP) is 3.79. The lowest BCUT2D eigenvalue weighted by Gasteiger charge is -2.30. The maximum atomic E-state index is 12.3. The maximum Gasteiger partial charge on any atom is 0.501 e. The van der Waals surface area contributed by atoms with Crippen LogP contribution < -0.4 is 0 Å². The highest BCUT2D eigenvalue weighted by Gasteiger charge is 2.49. The van der Waals surface area contributed by atoms with E-state index >= 15 is 0 Å². The molecule has 1 unspecified atom stereocenters. The Balaban J connectivity index is 2.03. The molecular weight excluding hydrogens is 328 g/mol. The summed E-state index contributed by atoms with van der Waals surface area (Å²) in [5.41, 5.74) is 2.80. The van der Waals surface area contributed by atoms with Gasteiger partial charge in [0, 0.05) is 37.0 Å². The van der Waals surface area contributed by atoms with Crippen LogP contribution in [0.25, 0.3) is 0 Å². The van der Waals surface area contributed by atoms with E-state index in [1.54, 1.807) is 0 Å². The van der Waals surface area contributed by atoms with E-state index in [0.29, 0.717) is 31.4 Å². The van der Waals surface area contributed by atoms with Crippen LogP contribution in [0.1, 0.15) is 52.9 Å². The quantitative estimate of drug-likeness (QED) is 0.347. The second-order valence-corrected chi connectivity index (χ2v) is 9.45. The fourth-order valence-electron chi connectivity index (χ4n) is 4.04. The zero-order valence-corrected chi connectivity index (χ0v) is 16.5. The minimum Gasteiger partial charge on any atom is -0.374 e. The molecule has 0 saturated heterocycles. The van der Waals surface area contributed by atoms with E-state index in [4.69, 9.17) is 13.3 Å². The highest BCUT2D eigenvalue weighted by atomic mass is 32.1. The summed E-state index contributed by atoms with van der Waals surface area (Å²) in [7, 11) is -2.58. The van der Waals surface area contributed by atoms with Crippen molar-refractivity contribution in [1.82, 2.24) is 0 Å². The molecule has 0 spiro atoms. The Bertz CT molecular complexity index is 448. The highest BCUT2D eigenvalue weighted by molar-refractivity contribution is 7.81. The molecule has 0 aliphatic heterocycles. The van der Waals surface area contributed by atoms with Gasteiger partial charge in [0.25, 0.3) is 0 Å². The van der Waals surface area contributed by atoms with Crippen molar-refractivity contribution in [2.24, 2.45) is 5.41 Å². The summed E-state index contributed by atoms with van der Waals surface area (Å²) in [5, 5.41) is 0. The van der Waals surface area contributed by atoms with Gasteiger partial charge in [0.1, 0.15) is 5.78 Å². The fraction of sp³-hybridized carbons (Fsp3) is 0.824. The number of hydrogen-bond acceptors (Lipinski definition) is 5. The van der Waals surface area contributed by atoms with Gasteiger partial charge in [0.15, 0.2) is 0 Å². The molecule has 1 saturated carbocycles. The molecule has 0 heterocycles. The van der Waals surface area contributed by atoms with E-state index in [9.17, 15) is 4.79 Å². The first kappa shape index (κ1) is 19.2. The molecule has 0 aromatic rings. The van der Waals surface area contributed by atoms with Crippen molar-refractivity contribution in [1.29, 1.82) is 0 Å². The smallest absolute Gasteiger partial charge is 0.374 e. The lowest BCUT2D eigenvalue weighted by atomic mass is 9.79. The standard InChI is InChI=1S/C17H30O4SSi/c1-4-19-23(20-5-2,21-6-3)10-8-15-12-17(16(18)13-22)9-7-14(15)11-17/h22H,4-13H2,1-3H3. The molecule has 2 rings (SSSR count). The summed E-state index contributed by atoms with van der Waals surface area (Å²) in [5.74, 6) is 0.671. The Kier molecular flexibility index (Phi) is 6.92. The van der Waals surface area contributed by atoms with Crippen molar-refractivity contribution < 1.29 is 18.1 Å².